The van der Waals surface area contributed by atoms with Crippen LogP contribution in [0.2, 0.25) is 0 Å². The average molecular weight is 625 g/mol. The van der Waals surface area contributed by atoms with Crippen LogP contribution in [0.1, 0.15) is 0 Å². The van der Waals surface area contributed by atoms with Crippen LogP contribution in [-0.4, -0.2) is 18.5 Å². The Morgan fingerprint density at radius 1 is 0.347 bits per heavy atom. The van der Waals surface area contributed by atoms with Crippen molar-refractivity contribution in [3.63, 3.8) is 0 Å². The largest absolute Gasteiger partial charge is 0.309 e. The van der Waals surface area contributed by atoms with Crippen LogP contribution >= 0.6 is 0 Å². The summed E-state index contributed by atoms with van der Waals surface area (Å²) in [5.74, 6) is 0. The zero-order valence-electron chi connectivity index (χ0n) is 26.5. The molecular weight excluding hydrogens is 597 g/mol. The molecule has 0 aliphatic carbocycles. The van der Waals surface area contributed by atoms with Crippen molar-refractivity contribution in [1.29, 1.82) is 0 Å². The van der Waals surface area contributed by atoms with Gasteiger partial charge in [0.25, 0.3) is 0 Å². The van der Waals surface area contributed by atoms with Crippen molar-refractivity contribution in [2.24, 2.45) is 0 Å². The van der Waals surface area contributed by atoms with E-state index in [1.54, 1.807) is 0 Å². The third kappa shape index (κ3) is 3.71. The fourth-order valence-corrected chi connectivity index (χ4v) is 8.08. The summed E-state index contributed by atoms with van der Waals surface area (Å²) in [5.41, 5.74) is 13.5. The van der Waals surface area contributed by atoms with Gasteiger partial charge in [-0.3, -0.25) is 0 Å². The van der Waals surface area contributed by atoms with Gasteiger partial charge in [-0.25, -0.2) is 4.98 Å². The second-order valence-electron chi connectivity index (χ2n) is 12.9. The first-order valence-electron chi connectivity index (χ1n) is 16.7. The molecule has 0 fully saturated rings. The highest BCUT2D eigenvalue weighted by atomic mass is 15.0. The Balaban J connectivity index is 1.21. The van der Waals surface area contributed by atoms with E-state index in [-0.39, 0.29) is 0 Å². The number of hydrogen-bond donors (Lipinski definition) is 0. The fourth-order valence-electron chi connectivity index (χ4n) is 8.08. The standard InChI is InChI=1S/C45H28N4/c1-2-15-31(16-3-1)47-39-22-9-5-18-33(39)35-28-43-36(27-42(35)47)34-19-6-10-23-40(34)48(43)32-17-12-14-30(25-32)45-44-26-29-13-4-8-21-38(29)49(44)41-24-11-7-20-37(41)46-45/h1-28H. The Bertz CT molecular complexity index is 3100. The Kier molecular flexibility index (Phi) is 5.35. The second-order valence-corrected chi connectivity index (χ2v) is 12.9. The SMILES string of the molecule is c1ccc(-n2c3ccccc3c3cc4c(cc32)c2ccccc2n4-c2cccc(-c3nc4ccccc4n4c3cc3ccccc34)c2)cc1. The first-order valence-corrected chi connectivity index (χ1v) is 16.7. The summed E-state index contributed by atoms with van der Waals surface area (Å²) in [4.78, 5) is 5.29. The monoisotopic (exact) mass is 624 g/mol. The van der Waals surface area contributed by atoms with Crippen molar-refractivity contribution in [1.82, 2.24) is 18.5 Å². The van der Waals surface area contributed by atoms with Crippen LogP contribution in [0.4, 0.5) is 0 Å². The lowest BCUT2D eigenvalue weighted by Crippen LogP contribution is -1.97. The first-order chi connectivity index (χ1) is 24.3. The molecule has 0 aliphatic heterocycles. The molecule has 11 rings (SSSR count). The molecule has 4 heterocycles. The third-order valence-corrected chi connectivity index (χ3v) is 10.2. The van der Waals surface area contributed by atoms with Crippen molar-refractivity contribution in [2.75, 3.05) is 0 Å². The summed E-state index contributed by atoms with van der Waals surface area (Å²) in [7, 11) is 0. The van der Waals surface area contributed by atoms with E-state index in [9.17, 15) is 0 Å². The Morgan fingerprint density at radius 3 is 1.65 bits per heavy atom. The maximum atomic E-state index is 5.29. The van der Waals surface area contributed by atoms with Gasteiger partial charge in [0, 0.05) is 43.9 Å². The number of para-hydroxylation sites is 6. The van der Waals surface area contributed by atoms with E-state index in [1.807, 2.05) is 0 Å². The topological polar surface area (TPSA) is 27.2 Å². The molecule has 0 amide bonds. The van der Waals surface area contributed by atoms with Gasteiger partial charge in [-0.1, -0.05) is 97.1 Å². The van der Waals surface area contributed by atoms with E-state index in [0.717, 1.165) is 39.2 Å². The zero-order chi connectivity index (χ0) is 32.1. The molecule has 0 saturated heterocycles. The molecule has 0 atom stereocenters. The molecule has 11 aromatic rings. The summed E-state index contributed by atoms with van der Waals surface area (Å²) in [6, 6.07) is 61.2. The van der Waals surface area contributed by atoms with Gasteiger partial charge in [-0.15, -0.1) is 0 Å². The minimum absolute atomic E-state index is 0.978. The van der Waals surface area contributed by atoms with Crippen LogP contribution in [0.5, 0.6) is 0 Å². The van der Waals surface area contributed by atoms with Gasteiger partial charge in [0.1, 0.15) is 0 Å². The first kappa shape index (κ1) is 26.4. The van der Waals surface area contributed by atoms with Crippen molar-refractivity contribution in [3.05, 3.63) is 170 Å². The molecule has 4 nitrogen and oxygen atoms in total. The van der Waals surface area contributed by atoms with Crippen LogP contribution in [0, 0.1) is 0 Å². The van der Waals surface area contributed by atoms with Crippen LogP contribution in [-0.2, 0) is 0 Å². The maximum absolute atomic E-state index is 5.29. The zero-order valence-corrected chi connectivity index (χ0v) is 26.5. The van der Waals surface area contributed by atoms with E-state index in [4.69, 9.17) is 4.98 Å². The Morgan fingerprint density at radius 2 is 0.918 bits per heavy atom. The predicted octanol–water partition coefficient (Wildman–Crippen LogP) is 11.5. The summed E-state index contributed by atoms with van der Waals surface area (Å²) in [6.45, 7) is 0. The number of nitrogens with zero attached hydrogens (tertiary/aromatic N) is 4. The predicted molar refractivity (Wildman–Crippen MR) is 204 cm³/mol. The van der Waals surface area contributed by atoms with Crippen LogP contribution in [0.3, 0.4) is 0 Å². The molecule has 0 unspecified atom stereocenters. The maximum Gasteiger partial charge on any atom is 0.0951 e. The molecule has 7 aromatic carbocycles. The van der Waals surface area contributed by atoms with E-state index in [2.05, 4.69) is 183 Å². The Hall–Kier alpha value is -6.65. The van der Waals surface area contributed by atoms with Gasteiger partial charge in [0.05, 0.1) is 49.8 Å². The molecule has 4 aromatic heterocycles. The van der Waals surface area contributed by atoms with Crippen molar-refractivity contribution >= 4 is 71.1 Å². The number of fused-ring (bicyclic) bond motifs is 11. The van der Waals surface area contributed by atoms with Crippen molar-refractivity contribution in [3.8, 4) is 22.6 Å². The van der Waals surface area contributed by atoms with Crippen LogP contribution in [0.25, 0.3) is 93.7 Å². The molecular formula is C45H28N4. The van der Waals surface area contributed by atoms with Crippen LogP contribution in [0.15, 0.2) is 170 Å². The summed E-state index contributed by atoms with van der Waals surface area (Å²) in [5, 5.41) is 6.16. The highest BCUT2D eigenvalue weighted by molar-refractivity contribution is 6.19. The summed E-state index contributed by atoms with van der Waals surface area (Å²) in [6.07, 6.45) is 0. The van der Waals surface area contributed by atoms with Crippen molar-refractivity contribution in [2.45, 2.75) is 0 Å². The molecule has 228 valence electrons. The van der Waals surface area contributed by atoms with Gasteiger partial charge in [-0.2, -0.15) is 0 Å². The number of benzene rings is 7. The molecule has 0 aliphatic rings. The third-order valence-electron chi connectivity index (χ3n) is 10.2. The highest BCUT2D eigenvalue weighted by Gasteiger charge is 2.19. The normalized spacial score (nSPS) is 12.1. The smallest absolute Gasteiger partial charge is 0.0951 e. The lowest BCUT2D eigenvalue weighted by atomic mass is 10.1. The van der Waals surface area contributed by atoms with Gasteiger partial charge < -0.3 is 13.5 Å². The molecule has 0 spiro atoms. The molecule has 0 N–H and O–H groups in total. The summed E-state index contributed by atoms with van der Waals surface area (Å²) >= 11 is 0. The molecule has 0 bridgehead atoms. The van der Waals surface area contributed by atoms with E-state index in [1.165, 1.54) is 54.5 Å². The van der Waals surface area contributed by atoms with E-state index >= 15 is 0 Å². The second kappa shape index (κ2) is 9.93. The van der Waals surface area contributed by atoms with Gasteiger partial charge in [0.15, 0.2) is 0 Å². The average Bonchev–Trinajstić information content (AvgIpc) is 3.82. The van der Waals surface area contributed by atoms with Gasteiger partial charge in [0.2, 0.25) is 0 Å². The fraction of sp³-hybridized carbons (Fsp3) is 0. The number of aromatic nitrogens is 4. The van der Waals surface area contributed by atoms with Crippen LogP contribution < -0.4 is 0 Å². The minimum atomic E-state index is 0.978. The summed E-state index contributed by atoms with van der Waals surface area (Å²) < 4.78 is 7.18. The van der Waals surface area contributed by atoms with E-state index in [0.29, 0.717) is 0 Å². The molecule has 49 heavy (non-hydrogen) atoms. The van der Waals surface area contributed by atoms with E-state index < -0.39 is 0 Å². The lowest BCUT2D eigenvalue weighted by molar-refractivity contribution is 1.17. The number of hydrogen-bond acceptors (Lipinski definition) is 1. The Labute approximate surface area is 281 Å². The van der Waals surface area contributed by atoms with Crippen molar-refractivity contribution < 1.29 is 0 Å². The number of rotatable bonds is 3. The van der Waals surface area contributed by atoms with Gasteiger partial charge in [-0.05, 0) is 72.8 Å². The molecule has 4 heteroatoms. The highest BCUT2D eigenvalue weighted by Crippen LogP contribution is 2.40. The minimum Gasteiger partial charge on any atom is -0.309 e. The molecule has 0 radical (unpaired) electrons. The van der Waals surface area contributed by atoms with Gasteiger partial charge >= 0.3 is 0 Å². The quantitative estimate of drug-likeness (QED) is 0.192. The molecule has 0 saturated carbocycles. The lowest BCUT2D eigenvalue weighted by Gasteiger charge is -2.13.